The molecule has 0 aromatic heterocycles. The van der Waals surface area contributed by atoms with Gasteiger partial charge < -0.3 is 10.0 Å². The second-order valence-electron chi connectivity index (χ2n) is 7.37. The number of piperidine rings is 1. The first-order chi connectivity index (χ1) is 13.3. The topological polar surface area (TPSA) is 98.2 Å². The lowest BCUT2D eigenvalue weighted by molar-refractivity contribution is -0.134. The molecule has 154 valence electrons. The van der Waals surface area contributed by atoms with Gasteiger partial charge >= 0.3 is 0 Å². The fourth-order valence-corrected chi connectivity index (χ4v) is 4.98. The van der Waals surface area contributed by atoms with Gasteiger partial charge in [-0.05, 0) is 31.9 Å². The first-order valence-corrected chi connectivity index (χ1v) is 11.0. The number of hydrogen-bond acceptors (Lipinski definition) is 6. The van der Waals surface area contributed by atoms with E-state index in [9.17, 15) is 23.1 Å². The lowest BCUT2D eigenvalue weighted by Crippen LogP contribution is -2.53. The maximum atomic E-state index is 12.8. The molecule has 8 nitrogen and oxygen atoms in total. The average Bonchev–Trinajstić information content (AvgIpc) is 2.70. The van der Waals surface area contributed by atoms with Crippen LogP contribution in [0.25, 0.3) is 0 Å². The van der Waals surface area contributed by atoms with Gasteiger partial charge in [0.1, 0.15) is 0 Å². The van der Waals surface area contributed by atoms with E-state index in [-0.39, 0.29) is 35.8 Å². The van der Waals surface area contributed by atoms with Crippen molar-refractivity contribution in [1.82, 2.24) is 14.1 Å². The van der Waals surface area contributed by atoms with Gasteiger partial charge in [-0.25, -0.2) is 8.42 Å². The molecule has 0 atom stereocenters. The number of likely N-dealkylation sites (tertiary alicyclic amines) is 1. The van der Waals surface area contributed by atoms with Gasteiger partial charge in [0.05, 0.1) is 17.5 Å². The van der Waals surface area contributed by atoms with Crippen molar-refractivity contribution in [3.05, 3.63) is 29.8 Å². The smallest absolute Gasteiger partial charge is 0.243 e. The van der Waals surface area contributed by atoms with Crippen LogP contribution in [0, 0.1) is 0 Å². The molecule has 1 aromatic carbocycles. The summed E-state index contributed by atoms with van der Waals surface area (Å²) < 4.78 is 27.0. The van der Waals surface area contributed by atoms with Crippen LogP contribution >= 0.6 is 0 Å². The molecule has 3 rings (SSSR count). The molecule has 2 aliphatic rings. The molecule has 0 bridgehead atoms. The molecular weight excluding hydrogens is 382 g/mol. The zero-order chi connectivity index (χ0) is 20.3. The van der Waals surface area contributed by atoms with Crippen molar-refractivity contribution in [2.75, 3.05) is 45.8 Å². The number of rotatable bonds is 5. The molecule has 28 heavy (non-hydrogen) atoms. The van der Waals surface area contributed by atoms with E-state index in [1.165, 1.54) is 35.5 Å². The Morgan fingerprint density at radius 1 is 1.00 bits per heavy atom. The molecule has 9 heteroatoms. The summed E-state index contributed by atoms with van der Waals surface area (Å²) in [5, 5.41) is 9.55. The Balaban J connectivity index is 1.55. The number of ketones is 1. The number of carbonyl (C=O) groups excluding carboxylic acids is 2. The molecule has 0 radical (unpaired) electrons. The van der Waals surface area contributed by atoms with E-state index in [1.807, 2.05) is 4.90 Å². The first kappa shape index (κ1) is 20.9. The van der Waals surface area contributed by atoms with Gasteiger partial charge in [0, 0.05) is 44.8 Å². The minimum absolute atomic E-state index is 0.000695. The third-order valence-corrected chi connectivity index (χ3v) is 7.32. The Morgan fingerprint density at radius 2 is 1.57 bits per heavy atom. The summed E-state index contributed by atoms with van der Waals surface area (Å²) in [5.41, 5.74) is 0.472. The summed E-state index contributed by atoms with van der Waals surface area (Å²) in [4.78, 5) is 27.7. The number of aliphatic hydroxyl groups is 1. The Kier molecular flexibility index (Phi) is 6.49. The number of piperazine rings is 1. The zero-order valence-corrected chi connectivity index (χ0v) is 16.9. The van der Waals surface area contributed by atoms with Gasteiger partial charge in [-0.1, -0.05) is 12.1 Å². The predicted octanol–water partition coefficient (Wildman–Crippen LogP) is 0.179. The van der Waals surface area contributed by atoms with Gasteiger partial charge in [-0.2, -0.15) is 4.31 Å². The van der Waals surface area contributed by atoms with Crippen molar-refractivity contribution >= 4 is 21.7 Å². The summed E-state index contributed by atoms with van der Waals surface area (Å²) in [5.74, 6) is -0.112. The summed E-state index contributed by atoms with van der Waals surface area (Å²) in [7, 11) is -3.64. The van der Waals surface area contributed by atoms with Crippen LogP contribution in [-0.2, 0) is 14.8 Å². The van der Waals surface area contributed by atoms with Crippen LogP contribution < -0.4 is 0 Å². The first-order valence-electron chi connectivity index (χ1n) is 9.57. The molecule has 2 aliphatic heterocycles. The van der Waals surface area contributed by atoms with Crippen LogP contribution in [0.3, 0.4) is 0 Å². The molecular formula is C19H27N3O5S. The average molecular weight is 410 g/mol. The maximum absolute atomic E-state index is 12.8. The van der Waals surface area contributed by atoms with Gasteiger partial charge in [-0.3, -0.25) is 14.5 Å². The van der Waals surface area contributed by atoms with E-state index in [0.29, 0.717) is 51.1 Å². The molecule has 1 N–H and O–H groups in total. The molecule has 2 saturated heterocycles. The highest BCUT2D eigenvalue weighted by atomic mass is 32.2. The summed E-state index contributed by atoms with van der Waals surface area (Å²) in [6.07, 6.45) is 1.09. The standard InChI is InChI=1S/C19H27N3O5S/c1-15(23)16-2-4-18(5-3-16)28(26,27)22-12-10-21(11-13-22)19(25)14-20-8-6-17(24)7-9-20/h2-5,17,24H,6-14H2,1H3. The van der Waals surface area contributed by atoms with E-state index in [1.54, 1.807) is 4.90 Å². The van der Waals surface area contributed by atoms with Gasteiger partial charge in [-0.15, -0.1) is 0 Å². The maximum Gasteiger partial charge on any atom is 0.243 e. The Bertz CT molecular complexity index is 808. The third-order valence-electron chi connectivity index (χ3n) is 5.41. The number of benzene rings is 1. The lowest BCUT2D eigenvalue weighted by atomic mass is 10.1. The van der Waals surface area contributed by atoms with Crippen molar-refractivity contribution in [2.24, 2.45) is 0 Å². The van der Waals surface area contributed by atoms with E-state index in [4.69, 9.17) is 0 Å². The highest BCUT2D eigenvalue weighted by Gasteiger charge is 2.31. The number of amides is 1. The fraction of sp³-hybridized carbons (Fsp3) is 0.579. The molecule has 0 unspecified atom stereocenters. The number of aliphatic hydroxyl groups excluding tert-OH is 1. The van der Waals surface area contributed by atoms with Crippen molar-refractivity contribution in [3.8, 4) is 0 Å². The normalized spacial score (nSPS) is 20.3. The zero-order valence-electron chi connectivity index (χ0n) is 16.1. The third kappa shape index (κ3) is 4.78. The summed E-state index contributed by atoms with van der Waals surface area (Å²) >= 11 is 0. The van der Waals surface area contributed by atoms with E-state index in [2.05, 4.69) is 0 Å². The molecule has 2 heterocycles. The van der Waals surface area contributed by atoms with Crippen molar-refractivity contribution in [3.63, 3.8) is 0 Å². The van der Waals surface area contributed by atoms with Crippen molar-refractivity contribution < 1.29 is 23.1 Å². The molecule has 0 saturated carbocycles. The molecule has 0 spiro atoms. The number of nitrogens with zero attached hydrogens (tertiary/aromatic N) is 3. The van der Waals surface area contributed by atoms with Gasteiger partial charge in [0.2, 0.25) is 15.9 Å². The highest BCUT2D eigenvalue weighted by Crippen LogP contribution is 2.19. The Hall–Kier alpha value is -1.81. The number of carbonyl (C=O) groups is 2. The Labute approximate surface area is 165 Å². The van der Waals surface area contributed by atoms with Gasteiger partial charge in [0.25, 0.3) is 0 Å². The Morgan fingerprint density at radius 3 is 2.11 bits per heavy atom. The van der Waals surface area contributed by atoms with Crippen LogP contribution in [0.1, 0.15) is 30.1 Å². The number of Topliss-reactive ketones (excluding diaryl/α,β-unsaturated/α-hetero) is 1. The van der Waals surface area contributed by atoms with Crippen LogP contribution in [0.5, 0.6) is 0 Å². The second kappa shape index (κ2) is 8.69. The fourth-order valence-electron chi connectivity index (χ4n) is 3.56. The molecule has 2 fully saturated rings. The van der Waals surface area contributed by atoms with Gasteiger partial charge in [0.15, 0.2) is 5.78 Å². The van der Waals surface area contributed by atoms with Crippen molar-refractivity contribution in [2.45, 2.75) is 30.8 Å². The summed E-state index contributed by atoms with van der Waals surface area (Å²) in [6, 6.07) is 5.94. The number of hydrogen-bond donors (Lipinski definition) is 1. The van der Waals surface area contributed by atoms with Crippen molar-refractivity contribution in [1.29, 1.82) is 0 Å². The lowest BCUT2D eigenvalue weighted by Gasteiger charge is -2.36. The molecule has 1 amide bonds. The summed E-state index contributed by atoms with van der Waals surface area (Å²) in [6.45, 7) is 4.38. The SMILES string of the molecule is CC(=O)c1ccc(S(=O)(=O)N2CCN(C(=O)CN3CCC(O)CC3)CC2)cc1. The van der Waals surface area contributed by atoms with Crippen LogP contribution in [0.2, 0.25) is 0 Å². The highest BCUT2D eigenvalue weighted by molar-refractivity contribution is 7.89. The quantitative estimate of drug-likeness (QED) is 0.697. The predicted molar refractivity (Wildman–Crippen MR) is 103 cm³/mol. The van der Waals surface area contributed by atoms with E-state index >= 15 is 0 Å². The number of sulfonamides is 1. The largest absolute Gasteiger partial charge is 0.393 e. The minimum atomic E-state index is -3.64. The minimum Gasteiger partial charge on any atom is -0.393 e. The molecule has 0 aliphatic carbocycles. The monoisotopic (exact) mass is 409 g/mol. The van der Waals surface area contributed by atoms with Crippen LogP contribution in [0.15, 0.2) is 29.2 Å². The molecule has 1 aromatic rings. The van der Waals surface area contributed by atoms with E-state index < -0.39 is 10.0 Å². The van der Waals surface area contributed by atoms with E-state index in [0.717, 1.165) is 0 Å². The second-order valence-corrected chi connectivity index (χ2v) is 9.31. The van der Waals surface area contributed by atoms with Crippen LogP contribution in [-0.4, -0.2) is 91.2 Å². The van der Waals surface area contributed by atoms with Crippen LogP contribution in [0.4, 0.5) is 0 Å².